The van der Waals surface area contributed by atoms with Gasteiger partial charge in [-0.25, -0.2) is 0 Å². The van der Waals surface area contributed by atoms with Crippen molar-refractivity contribution in [2.24, 2.45) is 0 Å². The highest BCUT2D eigenvalue weighted by atomic mass is 14.1. The largest absolute Gasteiger partial charge is 0.0651 e. The van der Waals surface area contributed by atoms with Gasteiger partial charge in [-0.1, -0.05) is 61.4 Å². The minimum Gasteiger partial charge on any atom is -0.0651 e. The van der Waals surface area contributed by atoms with E-state index in [4.69, 9.17) is 0 Å². The molecule has 2 rings (SSSR count). The van der Waals surface area contributed by atoms with E-state index in [1.807, 2.05) is 0 Å². The highest BCUT2D eigenvalue weighted by molar-refractivity contribution is 5.71. The van der Waals surface area contributed by atoms with Crippen LogP contribution in [-0.4, -0.2) is 0 Å². The fraction of sp³-hybridized carbons (Fsp3) is 0.294. The van der Waals surface area contributed by atoms with Crippen molar-refractivity contribution >= 4 is 0 Å². The lowest BCUT2D eigenvalue weighted by Gasteiger charge is -2.12. The molecular formula is C17H20. The smallest absolute Gasteiger partial charge is 0.0149 e. The molecule has 0 aliphatic heterocycles. The first-order valence-corrected chi connectivity index (χ1v) is 6.38. The Labute approximate surface area is 104 Å². The summed E-state index contributed by atoms with van der Waals surface area (Å²) in [5, 5.41) is 0. The third kappa shape index (κ3) is 2.58. The van der Waals surface area contributed by atoms with Crippen LogP contribution in [-0.2, 0) is 6.42 Å². The van der Waals surface area contributed by atoms with E-state index >= 15 is 0 Å². The summed E-state index contributed by atoms with van der Waals surface area (Å²) >= 11 is 0. The minimum absolute atomic E-state index is 1.16. The molecule has 0 amide bonds. The summed E-state index contributed by atoms with van der Waals surface area (Å²) in [4.78, 5) is 0. The summed E-state index contributed by atoms with van der Waals surface area (Å²) in [6.45, 7) is 6.59. The summed E-state index contributed by atoms with van der Waals surface area (Å²) in [5.74, 6) is 0. The zero-order valence-corrected chi connectivity index (χ0v) is 11.0. The molecular weight excluding hydrogens is 204 g/mol. The lowest BCUT2D eigenvalue weighted by atomic mass is 9.93. The Balaban J connectivity index is 2.55. The van der Waals surface area contributed by atoms with Crippen LogP contribution in [0.25, 0.3) is 11.1 Å². The molecule has 0 unspecified atom stereocenters. The topological polar surface area (TPSA) is 0 Å². The van der Waals surface area contributed by atoms with Gasteiger partial charge in [0.25, 0.3) is 0 Å². The van der Waals surface area contributed by atoms with Crippen molar-refractivity contribution in [3.63, 3.8) is 0 Å². The molecule has 88 valence electrons. The van der Waals surface area contributed by atoms with E-state index < -0.39 is 0 Å². The Bertz CT molecular complexity index is 509. The first-order valence-electron chi connectivity index (χ1n) is 6.38. The van der Waals surface area contributed by atoms with E-state index in [1.165, 1.54) is 34.2 Å². The van der Waals surface area contributed by atoms with E-state index in [-0.39, 0.29) is 0 Å². The van der Waals surface area contributed by atoms with Crippen LogP contribution in [0.4, 0.5) is 0 Å². The molecule has 17 heavy (non-hydrogen) atoms. The van der Waals surface area contributed by atoms with Crippen LogP contribution in [0.2, 0.25) is 0 Å². The highest BCUT2D eigenvalue weighted by Gasteiger charge is 2.06. The second-order valence-electron chi connectivity index (χ2n) is 4.73. The van der Waals surface area contributed by atoms with Crippen LogP contribution < -0.4 is 0 Å². The molecule has 0 fully saturated rings. The lowest BCUT2D eigenvalue weighted by Crippen LogP contribution is -1.91. The number of hydrogen-bond acceptors (Lipinski definition) is 0. The maximum atomic E-state index is 2.30. The second-order valence-corrected chi connectivity index (χ2v) is 4.73. The second kappa shape index (κ2) is 5.18. The van der Waals surface area contributed by atoms with Gasteiger partial charge in [0.05, 0.1) is 0 Å². The van der Waals surface area contributed by atoms with Gasteiger partial charge < -0.3 is 0 Å². The molecule has 0 aliphatic carbocycles. The molecule has 0 heteroatoms. The van der Waals surface area contributed by atoms with Crippen LogP contribution in [0.1, 0.15) is 30.0 Å². The van der Waals surface area contributed by atoms with Crippen LogP contribution in [0.5, 0.6) is 0 Å². The van der Waals surface area contributed by atoms with Crippen LogP contribution >= 0.6 is 0 Å². The molecule has 0 bridgehead atoms. The maximum Gasteiger partial charge on any atom is -0.0149 e. The Hall–Kier alpha value is -1.56. The number of benzene rings is 2. The van der Waals surface area contributed by atoms with Crippen molar-refractivity contribution in [1.29, 1.82) is 0 Å². The standard InChI is InChI=1S/C17H20/c1-4-7-15-8-5-6-9-16(15)17-12-13(2)10-11-14(17)3/h5-6,8-12H,4,7H2,1-3H3. The number of aryl methyl sites for hydroxylation is 3. The summed E-state index contributed by atoms with van der Waals surface area (Å²) in [6.07, 6.45) is 2.35. The Morgan fingerprint density at radius 2 is 1.65 bits per heavy atom. The van der Waals surface area contributed by atoms with Crippen molar-refractivity contribution in [2.75, 3.05) is 0 Å². The monoisotopic (exact) mass is 224 g/mol. The molecule has 0 saturated heterocycles. The van der Waals surface area contributed by atoms with Gasteiger partial charge >= 0.3 is 0 Å². The molecule has 0 aromatic heterocycles. The third-order valence-electron chi connectivity index (χ3n) is 3.22. The zero-order chi connectivity index (χ0) is 12.3. The van der Waals surface area contributed by atoms with Gasteiger partial charge in [0.15, 0.2) is 0 Å². The van der Waals surface area contributed by atoms with Crippen molar-refractivity contribution in [3.05, 3.63) is 59.2 Å². The van der Waals surface area contributed by atoms with Gasteiger partial charge in [0, 0.05) is 0 Å². The van der Waals surface area contributed by atoms with Gasteiger partial charge in [-0.05, 0) is 42.5 Å². The van der Waals surface area contributed by atoms with E-state index in [2.05, 4.69) is 63.2 Å². The fourth-order valence-corrected chi connectivity index (χ4v) is 2.30. The van der Waals surface area contributed by atoms with Crippen molar-refractivity contribution < 1.29 is 0 Å². The zero-order valence-electron chi connectivity index (χ0n) is 11.0. The molecule has 0 N–H and O–H groups in total. The first kappa shape index (κ1) is 11.9. The molecule has 0 nitrogen and oxygen atoms in total. The summed E-state index contributed by atoms with van der Waals surface area (Å²) < 4.78 is 0. The molecule has 0 aliphatic rings. The van der Waals surface area contributed by atoms with Crippen molar-refractivity contribution in [1.82, 2.24) is 0 Å². The van der Waals surface area contributed by atoms with Crippen LogP contribution in [0.15, 0.2) is 42.5 Å². The normalized spacial score (nSPS) is 10.5. The van der Waals surface area contributed by atoms with E-state index in [0.29, 0.717) is 0 Å². The van der Waals surface area contributed by atoms with Crippen LogP contribution in [0.3, 0.4) is 0 Å². The van der Waals surface area contributed by atoms with Crippen LogP contribution in [0, 0.1) is 13.8 Å². The van der Waals surface area contributed by atoms with Crippen molar-refractivity contribution in [2.45, 2.75) is 33.6 Å². The molecule has 0 radical (unpaired) electrons. The third-order valence-corrected chi connectivity index (χ3v) is 3.22. The Morgan fingerprint density at radius 3 is 2.41 bits per heavy atom. The fourth-order valence-electron chi connectivity index (χ4n) is 2.30. The maximum absolute atomic E-state index is 2.30. The summed E-state index contributed by atoms with van der Waals surface area (Å²) in [7, 11) is 0. The van der Waals surface area contributed by atoms with E-state index in [0.717, 1.165) is 6.42 Å². The predicted molar refractivity (Wildman–Crippen MR) is 75.3 cm³/mol. The van der Waals surface area contributed by atoms with Gasteiger partial charge in [0.2, 0.25) is 0 Å². The Morgan fingerprint density at radius 1 is 0.882 bits per heavy atom. The summed E-state index contributed by atoms with van der Waals surface area (Å²) in [6, 6.07) is 15.5. The molecule has 0 saturated carbocycles. The number of hydrogen-bond donors (Lipinski definition) is 0. The molecule has 0 heterocycles. The minimum atomic E-state index is 1.16. The average Bonchev–Trinajstić information content (AvgIpc) is 2.34. The van der Waals surface area contributed by atoms with Gasteiger partial charge in [0.1, 0.15) is 0 Å². The highest BCUT2D eigenvalue weighted by Crippen LogP contribution is 2.28. The number of rotatable bonds is 3. The Kier molecular flexibility index (Phi) is 3.63. The van der Waals surface area contributed by atoms with E-state index in [1.54, 1.807) is 0 Å². The average molecular weight is 224 g/mol. The van der Waals surface area contributed by atoms with Crippen molar-refractivity contribution in [3.8, 4) is 11.1 Å². The predicted octanol–water partition coefficient (Wildman–Crippen LogP) is 4.92. The summed E-state index contributed by atoms with van der Waals surface area (Å²) in [5.41, 5.74) is 6.93. The molecule has 2 aromatic carbocycles. The molecule has 2 aromatic rings. The quantitative estimate of drug-likeness (QED) is 0.694. The first-order chi connectivity index (χ1) is 8.22. The molecule has 0 atom stereocenters. The SMILES string of the molecule is CCCc1ccccc1-c1cc(C)ccc1C. The van der Waals surface area contributed by atoms with Gasteiger partial charge in [-0.3, -0.25) is 0 Å². The molecule has 0 spiro atoms. The van der Waals surface area contributed by atoms with Gasteiger partial charge in [-0.15, -0.1) is 0 Å². The van der Waals surface area contributed by atoms with E-state index in [9.17, 15) is 0 Å². The van der Waals surface area contributed by atoms with Gasteiger partial charge in [-0.2, -0.15) is 0 Å². The lowest BCUT2D eigenvalue weighted by molar-refractivity contribution is 0.923.